The highest BCUT2D eigenvalue weighted by Gasteiger charge is 2.30. The Kier molecular flexibility index (Phi) is 6.02. The zero-order valence-corrected chi connectivity index (χ0v) is 12.5. The van der Waals surface area contributed by atoms with Gasteiger partial charge in [0.05, 0.1) is 25.6 Å². The molecule has 1 aromatic carbocycles. The SMILES string of the molecule is COC(=O)C(C)(C)COC(=O)CCOc1ccc(N)cc1. The van der Waals surface area contributed by atoms with Crippen molar-refractivity contribution in [2.24, 2.45) is 5.41 Å². The number of nitrogens with two attached hydrogens (primary N) is 1. The predicted octanol–water partition coefficient (Wildman–Crippen LogP) is 1.78. The molecular formula is C15H21NO5. The number of methoxy groups -OCH3 is 1. The second-order valence-corrected chi connectivity index (χ2v) is 5.20. The van der Waals surface area contributed by atoms with Gasteiger partial charge in [-0.2, -0.15) is 0 Å². The zero-order valence-electron chi connectivity index (χ0n) is 12.5. The minimum absolute atomic E-state index is 0.0274. The van der Waals surface area contributed by atoms with E-state index in [2.05, 4.69) is 4.74 Å². The molecule has 0 bridgehead atoms. The largest absolute Gasteiger partial charge is 0.493 e. The maximum Gasteiger partial charge on any atom is 0.314 e. The molecule has 21 heavy (non-hydrogen) atoms. The molecule has 0 radical (unpaired) electrons. The maximum absolute atomic E-state index is 11.6. The van der Waals surface area contributed by atoms with E-state index in [0.29, 0.717) is 11.4 Å². The summed E-state index contributed by atoms with van der Waals surface area (Å²) in [6.07, 6.45) is 0.0988. The fourth-order valence-electron chi connectivity index (χ4n) is 1.48. The van der Waals surface area contributed by atoms with Crippen molar-refractivity contribution in [3.63, 3.8) is 0 Å². The molecule has 1 rings (SSSR count). The van der Waals surface area contributed by atoms with Crippen LogP contribution in [-0.2, 0) is 19.1 Å². The summed E-state index contributed by atoms with van der Waals surface area (Å²) in [5, 5.41) is 0. The second kappa shape index (κ2) is 7.52. The van der Waals surface area contributed by atoms with Crippen molar-refractivity contribution in [3.8, 4) is 5.75 Å². The van der Waals surface area contributed by atoms with E-state index in [1.807, 2.05) is 0 Å². The molecule has 0 aliphatic heterocycles. The van der Waals surface area contributed by atoms with Gasteiger partial charge in [-0.15, -0.1) is 0 Å². The molecule has 0 aliphatic rings. The highest BCUT2D eigenvalue weighted by molar-refractivity contribution is 5.76. The molecule has 0 unspecified atom stereocenters. The van der Waals surface area contributed by atoms with Gasteiger partial charge in [-0.05, 0) is 38.1 Å². The van der Waals surface area contributed by atoms with Gasteiger partial charge in [0, 0.05) is 5.69 Å². The van der Waals surface area contributed by atoms with Crippen LogP contribution < -0.4 is 10.5 Å². The Morgan fingerprint density at radius 2 is 1.81 bits per heavy atom. The van der Waals surface area contributed by atoms with Gasteiger partial charge in [0.2, 0.25) is 0 Å². The number of carbonyl (C=O) groups excluding carboxylic acids is 2. The first kappa shape index (κ1) is 16.8. The van der Waals surface area contributed by atoms with Gasteiger partial charge in [-0.1, -0.05) is 0 Å². The Bertz CT molecular complexity index is 481. The molecule has 0 heterocycles. The fourth-order valence-corrected chi connectivity index (χ4v) is 1.48. The Morgan fingerprint density at radius 3 is 2.38 bits per heavy atom. The van der Waals surface area contributed by atoms with Crippen molar-refractivity contribution < 1.29 is 23.8 Å². The first-order valence-corrected chi connectivity index (χ1v) is 6.57. The molecule has 1 aromatic rings. The Labute approximate surface area is 124 Å². The van der Waals surface area contributed by atoms with Gasteiger partial charge in [-0.3, -0.25) is 9.59 Å². The van der Waals surface area contributed by atoms with E-state index >= 15 is 0 Å². The lowest BCUT2D eigenvalue weighted by Crippen LogP contribution is -2.32. The molecule has 116 valence electrons. The summed E-state index contributed by atoms with van der Waals surface area (Å²) in [4.78, 5) is 23.0. The third kappa shape index (κ3) is 5.72. The van der Waals surface area contributed by atoms with Gasteiger partial charge >= 0.3 is 11.9 Å². The molecule has 0 aromatic heterocycles. The number of hydrogen-bond acceptors (Lipinski definition) is 6. The number of benzene rings is 1. The van der Waals surface area contributed by atoms with Gasteiger partial charge in [-0.25, -0.2) is 0 Å². The van der Waals surface area contributed by atoms with Crippen LogP contribution in [0.15, 0.2) is 24.3 Å². The van der Waals surface area contributed by atoms with E-state index in [-0.39, 0.29) is 19.6 Å². The maximum atomic E-state index is 11.6. The van der Waals surface area contributed by atoms with E-state index in [0.717, 1.165) is 0 Å². The number of anilines is 1. The van der Waals surface area contributed by atoms with Crippen molar-refractivity contribution >= 4 is 17.6 Å². The van der Waals surface area contributed by atoms with Gasteiger partial charge in [0.25, 0.3) is 0 Å². The number of rotatable bonds is 7. The Balaban J connectivity index is 2.28. The van der Waals surface area contributed by atoms with E-state index in [4.69, 9.17) is 15.2 Å². The summed E-state index contributed by atoms with van der Waals surface area (Å²) < 4.78 is 15.1. The van der Waals surface area contributed by atoms with Crippen LogP contribution in [0.4, 0.5) is 5.69 Å². The van der Waals surface area contributed by atoms with Crippen molar-refractivity contribution in [3.05, 3.63) is 24.3 Å². The summed E-state index contributed by atoms with van der Waals surface area (Å²) in [6, 6.07) is 6.88. The van der Waals surface area contributed by atoms with Crippen molar-refractivity contribution in [1.29, 1.82) is 0 Å². The lowest BCUT2D eigenvalue weighted by atomic mass is 9.95. The van der Waals surface area contributed by atoms with E-state index < -0.39 is 17.4 Å². The van der Waals surface area contributed by atoms with Crippen LogP contribution in [-0.4, -0.2) is 32.3 Å². The molecule has 2 N–H and O–H groups in total. The van der Waals surface area contributed by atoms with Crippen LogP contribution in [0.2, 0.25) is 0 Å². The molecular weight excluding hydrogens is 274 g/mol. The standard InChI is InChI=1S/C15H21NO5/c1-15(2,14(18)19-3)10-21-13(17)8-9-20-12-6-4-11(16)5-7-12/h4-7H,8-10,16H2,1-3H3. The highest BCUT2D eigenvalue weighted by Crippen LogP contribution is 2.18. The number of carbonyl (C=O) groups is 2. The first-order valence-electron chi connectivity index (χ1n) is 6.57. The minimum atomic E-state index is -0.859. The number of nitrogen functional groups attached to an aromatic ring is 1. The van der Waals surface area contributed by atoms with Crippen LogP contribution in [0.3, 0.4) is 0 Å². The lowest BCUT2D eigenvalue weighted by Gasteiger charge is -2.20. The average Bonchev–Trinajstić information content (AvgIpc) is 2.46. The number of ether oxygens (including phenoxy) is 3. The van der Waals surface area contributed by atoms with Crippen molar-refractivity contribution in [1.82, 2.24) is 0 Å². The van der Waals surface area contributed by atoms with Gasteiger partial charge < -0.3 is 19.9 Å². The zero-order chi connectivity index (χ0) is 15.9. The van der Waals surface area contributed by atoms with Crippen LogP contribution in [0.1, 0.15) is 20.3 Å². The topological polar surface area (TPSA) is 87.8 Å². The summed E-state index contributed by atoms with van der Waals surface area (Å²) in [5.74, 6) is -0.220. The summed E-state index contributed by atoms with van der Waals surface area (Å²) in [5.41, 5.74) is 5.34. The molecule has 0 amide bonds. The van der Waals surface area contributed by atoms with E-state index in [1.165, 1.54) is 7.11 Å². The summed E-state index contributed by atoms with van der Waals surface area (Å²) >= 11 is 0. The van der Waals surface area contributed by atoms with Crippen LogP contribution >= 0.6 is 0 Å². The summed E-state index contributed by atoms with van der Waals surface area (Å²) in [7, 11) is 1.30. The smallest absolute Gasteiger partial charge is 0.314 e. The first-order chi connectivity index (χ1) is 9.85. The van der Waals surface area contributed by atoms with E-state index in [9.17, 15) is 9.59 Å². The predicted molar refractivity (Wildman–Crippen MR) is 77.7 cm³/mol. The van der Waals surface area contributed by atoms with Crippen molar-refractivity contribution in [2.75, 3.05) is 26.1 Å². The molecule has 0 saturated heterocycles. The molecule has 0 spiro atoms. The van der Waals surface area contributed by atoms with Gasteiger partial charge in [0.1, 0.15) is 12.4 Å². The minimum Gasteiger partial charge on any atom is -0.493 e. The Morgan fingerprint density at radius 1 is 1.19 bits per heavy atom. The molecule has 0 saturated carbocycles. The fraction of sp³-hybridized carbons (Fsp3) is 0.467. The van der Waals surface area contributed by atoms with Crippen LogP contribution in [0.5, 0.6) is 5.75 Å². The van der Waals surface area contributed by atoms with E-state index in [1.54, 1.807) is 38.1 Å². The summed E-state index contributed by atoms with van der Waals surface area (Å²) in [6.45, 7) is 3.47. The average molecular weight is 295 g/mol. The second-order valence-electron chi connectivity index (χ2n) is 5.20. The third-order valence-electron chi connectivity index (χ3n) is 2.79. The monoisotopic (exact) mass is 295 g/mol. The van der Waals surface area contributed by atoms with Crippen LogP contribution in [0.25, 0.3) is 0 Å². The normalized spacial score (nSPS) is 10.8. The molecule has 0 fully saturated rings. The van der Waals surface area contributed by atoms with Crippen molar-refractivity contribution in [2.45, 2.75) is 20.3 Å². The molecule has 0 atom stereocenters. The highest BCUT2D eigenvalue weighted by atomic mass is 16.5. The Hall–Kier alpha value is -2.24. The molecule has 0 aliphatic carbocycles. The lowest BCUT2D eigenvalue weighted by molar-refractivity contribution is -0.159. The quantitative estimate of drug-likeness (QED) is 0.609. The third-order valence-corrected chi connectivity index (χ3v) is 2.79. The number of esters is 2. The molecule has 6 nitrogen and oxygen atoms in total. The number of hydrogen-bond donors (Lipinski definition) is 1. The molecule has 6 heteroatoms. The van der Waals surface area contributed by atoms with Gasteiger partial charge in [0.15, 0.2) is 0 Å². The van der Waals surface area contributed by atoms with Crippen LogP contribution in [0, 0.1) is 5.41 Å².